The SMILES string of the molecule is CCN(CC)S(=O)(=O)c1cccc(C(=O)N[C@H](C(=O)Nc2ccc(C)c(F)c2)C(C)C)c1. The van der Waals surface area contributed by atoms with Gasteiger partial charge in [-0.2, -0.15) is 4.31 Å². The van der Waals surface area contributed by atoms with E-state index < -0.39 is 33.7 Å². The first kappa shape index (κ1) is 25.5. The molecule has 0 aromatic heterocycles. The smallest absolute Gasteiger partial charge is 0.251 e. The van der Waals surface area contributed by atoms with Gasteiger partial charge in [0.1, 0.15) is 11.9 Å². The normalized spacial score (nSPS) is 12.6. The van der Waals surface area contributed by atoms with Crippen molar-refractivity contribution < 1.29 is 22.4 Å². The molecular formula is C23H30FN3O4S. The van der Waals surface area contributed by atoms with Gasteiger partial charge in [0.05, 0.1) is 4.90 Å². The number of benzene rings is 2. The van der Waals surface area contributed by atoms with Gasteiger partial charge in [-0.3, -0.25) is 9.59 Å². The number of amides is 2. The minimum absolute atomic E-state index is 0.00882. The standard InChI is InChI=1S/C23H30FN3O4S/c1-6-27(7-2)32(30,31)19-10-8-9-17(13-19)22(28)26-21(15(3)4)23(29)25-18-12-11-16(5)20(24)14-18/h8-15,21H,6-7H2,1-5H3,(H,25,29)(H,26,28)/t21-/m0/s1. The number of sulfonamides is 1. The molecule has 9 heteroatoms. The van der Waals surface area contributed by atoms with Gasteiger partial charge in [0.15, 0.2) is 0 Å². The Morgan fingerprint density at radius 3 is 2.28 bits per heavy atom. The molecular weight excluding hydrogens is 433 g/mol. The first-order chi connectivity index (χ1) is 15.0. The summed E-state index contributed by atoms with van der Waals surface area (Å²) in [5, 5.41) is 5.28. The van der Waals surface area contributed by atoms with Crippen LogP contribution in [0.2, 0.25) is 0 Å². The second-order valence-corrected chi connectivity index (χ2v) is 9.70. The summed E-state index contributed by atoms with van der Waals surface area (Å²) in [6, 6.07) is 9.15. The third kappa shape index (κ3) is 5.92. The monoisotopic (exact) mass is 463 g/mol. The fourth-order valence-corrected chi connectivity index (χ4v) is 4.66. The Morgan fingerprint density at radius 2 is 1.72 bits per heavy atom. The van der Waals surface area contributed by atoms with Crippen molar-refractivity contribution in [3.05, 3.63) is 59.4 Å². The summed E-state index contributed by atoms with van der Waals surface area (Å²) >= 11 is 0. The van der Waals surface area contributed by atoms with Crippen molar-refractivity contribution in [1.82, 2.24) is 9.62 Å². The first-order valence-electron chi connectivity index (χ1n) is 10.5. The summed E-state index contributed by atoms with van der Waals surface area (Å²) in [6.07, 6.45) is 0. The molecule has 0 unspecified atom stereocenters. The maximum absolute atomic E-state index is 13.8. The molecule has 2 N–H and O–H groups in total. The zero-order valence-electron chi connectivity index (χ0n) is 19.0. The molecule has 0 aliphatic carbocycles. The predicted octanol–water partition coefficient (Wildman–Crippen LogP) is 3.56. The van der Waals surface area contributed by atoms with Crippen molar-refractivity contribution >= 4 is 27.5 Å². The highest BCUT2D eigenvalue weighted by Gasteiger charge is 2.27. The molecule has 0 saturated heterocycles. The molecule has 0 spiro atoms. The number of hydrogen-bond donors (Lipinski definition) is 2. The lowest BCUT2D eigenvalue weighted by Gasteiger charge is -2.22. The molecule has 2 aromatic rings. The Morgan fingerprint density at radius 1 is 1.06 bits per heavy atom. The van der Waals surface area contributed by atoms with Gasteiger partial charge in [-0.1, -0.05) is 39.8 Å². The number of nitrogens with one attached hydrogen (secondary N) is 2. The second-order valence-electron chi connectivity index (χ2n) is 7.77. The number of nitrogens with zero attached hydrogens (tertiary/aromatic N) is 1. The summed E-state index contributed by atoms with van der Waals surface area (Å²) in [4.78, 5) is 25.6. The highest BCUT2D eigenvalue weighted by molar-refractivity contribution is 7.89. The molecule has 174 valence electrons. The molecule has 0 radical (unpaired) electrons. The Balaban J connectivity index is 2.23. The van der Waals surface area contributed by atoms with E-state index in [9.17, 15) is 22.4 Å². The van der Waals surface area contributed by atoms with Crippen molar-refractivity contribution in [2.24, 2.45) is 5.92 Å². The van der Waals surface area contributed by atoms with Crippen LogP contribution in [-0.2, 0) is 14.8 Å². The van der Waals surface area contributed by atoms with Crippen molar-refractivity contribution in [1.29, 1.82) is 0 Å². The lowest BCUT2D eigenvalue weighted by atomic mass is 10.0. The summed E-state index contributed by atoms with van der Waals surface area (Å²) in [7, 11) is -3.73. The van der Waals surface area contributed by atoms with Gasteiger partial charge in [0.25, 0.3) is 5.91 Å². The molecule has 2 rings (SSSR count). The van der Waals surface area contributed by atoms with Gasteiger partial charge in [0, 0.05) is 24.3 Å². The number of carbonyl (C=O) groups is 2. The summed E-state index contributed by atoms with van der Waals surface area (Å²) in [5.41, 5.74) is 0.861. The number of halogens is 1. The van der Waals surface area contributed by atoms with Gasteiger partial charge in [-0.25, -0.2) is 12.8 Å². The molecule has 32 heavy (non-hydrogen) atoms. The van der Waals surface area contributed by atoms with Gasteiger partial charge >= 0.3 is 0 Å². The zero-order chi connectivity index (χ0) is 24.1. The van der Waals surface area contributed by atoms with Crippen LogP contribution in [0.25, 0.3) is 0 Å². The van der Waals surface area contributed by atoms with Crippen LogP contribution in [-0.4, -0.2) is 43.7 Å². The van der Waals surface area contributed by atoms with Crippen LogP contribution >= 0.6 is 0 Å². The average Bonchev–Trinajstić information content (AvgIpc) is 2.74. The van der Waals surface area contributed by atoms with Crippen LogP contribution in [0.1, 0.15) is 43.6 Å². The number of carbonyl (C=O) groups excluding carboxylic acids is 2. The van der Waals surface area contributed by atoms with E-state index in [1.54, 1.807) is 46.8 Å². The van der Waals surface area contributed by atoms with Gasteiger partial charge in [-0.05, 0) is 48.7 Å². The molecule has 0 fully saturated rings. The fourth-order valence-electron chi connectivity index (χ4n) is 3.16. The maximum Gasteiger partial charge on any atom is 0.251 e. The molecule has 2 aromatic carbocycles. The van der Waals surface area contributed by atoms with E-state index >= 15 is 0 Å². The van der Waals surface area contributed by atoms with E-state index in [1.807, 2.05) is 0 Å². The Kier molecular flexibility index (Phi) is 8.51. The van der Waals surface area contributed by atoms with E-state index in [-0.39, 0.29) is 22.1 Å². The largest absolute Gasteiger partial charge is 0.340 e. The molecule has 2 amide bonds. The van der Waals surface area contributed by atoms with Crippen LogP contribution in [0.3, 0.4) is 0 Å². The Hall–Kier alpha value is -2.78. The van der Waals surface area contributed by atoms with Gasteiger partial charge in [-0.15, -0.1) is 0 Å². The zero-order valence-corrected chi connectivity index (χ0v) is 19.8. The van der Waals surface area contributed by atoms with E-state index in [2.05, 4.69) is 10.6 Å². The number of anilines is 1. The summed E-state index contributed by atoms with van der Waals surface area (Å²) < 4.78 is 40.6. The van der Waals surface area contributed by atoms with Crippen molar-refractivity contribution in [2.45, 2.75) is 45.6 Å². The van der Waals surface area contributed by atoms with E-state index in [1.165, 1.54) is 34.6 Å². The molecule has 0 bridgehead atoms. The summed E-state index contributed by atoms with van der Waals surface area (Å²) in [6.45, 7) is 9.25. The number of aryl methyl sites for hydroxylation is 1. The third-order valence-corrected chi connectivity index (χ3v) is 7.16. The minimum atomic E-state index is -3.73. The molecule has 0 aliphatic heterocycles. The Bertz CT molecular complexity index is 1080. The number of hydrogen-bond acceptors (Lipinski definition) is 4. The van der Waals surface area contributed by atoms with Crippen LogP contribution in [0.15, 0.2) is 47.4 Å². The molecule has 0 saturated carbocycles. The fraction of sp³-hybridized carbons (Fsp3) is 0.391. The van der Waals surface area contributed by atoms with E-state index in [4.69, 9.17) is 0 Å². The highest BCUT2D eigenvalue weighted by Crippen LogP contribution is 2.18. The first-order valence-corrected chi connectivity index (χ1v) is 11.9. The van der Waals surface area contributed by atoms with Crippen LogP contribution in [0.5, 0.6) is 0 Å². The van der Waals surface area contributed by atoms with Crippen molar-refractivity contribution in [2.75, 3.05) is 18.4 Å². The van der Waals surface area contributed by atoms with Crippen LogP contribution in [0, 0.1) is 18.7 Å². The average molecular weight is 464 g/mol. The molecule has 7 nitrogen and oxygen atoms in total. The maximum atomic E-state index is 13.8. The highest BCUT2D eigenvalue weighted by atomic mass is 32.2. The van der Waals surface area contributed by atoms with Crippen molar-refractivity contribution in [3.63, 3.8) is 0 Å². The lowest BCUT2D eigenvalue weighted by Crippen LogP contribution is -2.47. The van der Waals surface area contributed by atoms with Gasteiger partial charge < -0.3 is 10.6 Å². The van der Waals surface area contributed by atoms with E-state index in [0.717, 1.165) is 0 Å². The second kappa shape index (κ2) is 10.7. The number of rotatable bonds is 9. The molecule has 0 aliphatic rings. The summed E-state index contributed by atoms with van der Waals surface area (Å²) in [5.74, 6) is -1.79. The minimum Gasteiger partial charge on any atom is -0.340 e. The van der Waals surface area contributed by atoms with Crippen LogP contribution < -0.4 is 10.6 Å². The quantitative estimate of drug-likeness (QED) is 0.594. The molecule has 0 heterocycles. The Labute approximate surface area is 189 Å². The van der Waals surface area contributed by atoms with Crippen molar-refractivity contribution in [3.8, 4) is 0 Å². The lowest BCUT2D eigenvalue weighted by molar-refractivity contribution is -0.118. The van der Waals surface area contributed by atoms with Gasteiger partial charge in [0.2, 0.25) is 15.9 Å². The van der Waals surface area contributed by atoms with Crippen LogP contribution in [0.4, 0.5) is 10.1 Å². The predicted molar refractivity (Wildman–Crippen MR) is 122 cm³/mol. The third-order valence-electron chi connectivity index (χ3n) is 5.11. The molecule has 1 atom stereocenters. The topological polar surface area (TPSA) is 95.6 Å². The van der Waals surface area contributed by atoms with E-state index in [0.29, 0.717) is 18.7 Å².